The Morgan fingerprint density at radius 2 is 1.86 bits per heavy atom. The van der Waals surface area contributed by atoms with Gasteiger partial charge in [0.15, 0.2) is 17.7 Å². The zero-order valence-corrected chi connectivity index (χ0v) is 12.2. The highest BCUT2D eigenvalue weighted by Gasteiger charge is 2.15. The molecule has 0 saturated heterocycles. The maximum Gasteiger partial charge on any atom is 0.260 e. The van der Waals surface area contributed by atoms with Crippen LogP contribution in [0, 0.1) is 11.6 Å². The summed E-state index contributed by atoms with van der Waals surface area (Å²) in [6.07, 6.45) is -0.0783. The van der Waals surface area contributed by atoms with E-state index in [0.717, 1.165) is 17.7 Å². The van der Waals surface area contributed by atoms with Gasteiger partial charge >= 0.3 is 0 Å². The Labute approximate surface area is 127 Å². The fraction of sp³-hybridized carbons (Fsp3) is 0.235. The number of nitrogens with one attached hydrogen (secondary N) is 1. The van der Waals surface area contributed by atoms with Gasteiger partial charge in [-0.2, -0.15) is 0 Å². The van der Waals surface area contributed by atoms with Crippen molar-refractivity contribution in [3.63, 3.8) is 0 Å². The van der Waals surface area contributed by atoms with Gasteiger partial charge < -0.3 is 10.1 Å². The van der Waals surface area contributed by atoms with Gasteiger partial charge in [0.05, 0.1) is 0 Å². The zero-order valence-electron chi connectivity index (χ0n) is 12.2. The zero-order chi connectivity index (χ0) is 15.9. The van der Waals surface area contributed by atoms with Crippen molar-refractivity contribution in [1.82, 2.24) is 5.32 Å². The van der Waals surface area contributed by atoms with Gasteiger partial charge in [0.2, 0.25) is 0 Å². The fourth-order valence-corrected chi connectivity index (χ4v) is 1.93. The van der Waals surface area contributed by atoms with Gasteiger partial charge in [0.25, 0.3) is 5.91 Å². The Hall–Kier alpha value is -2.43. The van der Waals surface area contributed by atoms with Crippen LogP contribution in [0.1, 0.15) is 12.5 Å². The number of carbonyl (C=O) groups excluding carboxylic acids is 1. The van der Waals surface area contributed by atoms with Crippen molar-refractivity contribution in [2.24, 2.45) is 0 Å². The van der Waals surface area contributed by atoms with Crippen LogP contribution in [0.15, 0.2) is 48.5 Å². The van der Waals surface area contributed by atoms with E-state index in [1.807, 2.05) is 30.3 Å². The summed E-state index contributed by atoms with van der Waals surface area (Å²) in [6.45, 7) is 2.04. The van der Waals surface area contributed by atoms with Gasteiger partial charge in [-0.15, -0.1) is 0 Å². The average Bonchev–Trinajstić information content (AvgIpc) is 2.52. The summed E-state index contributed by atoms with van der Waals surface area (Å²) in [6, 6.07) is 12.9. The number of hydrogen-bond donors (Lipinski definition) is 1. The topological polar surface area (TPSA) is 38.3 Å². The third-order valence-corrected chi connectivity index (χ3v) is 3.13. The monoisotopic (exact) mass is 305 g/mol. The van der Waals surface area contributed by atoms with E-state index < -0.39 is 17.7 Å². The number of benzene rings is 2. The van der Waals surface area contributed by atoms with Gasteiger partial charge in [-0.25, -0.2) is 8.78 Å². The second-order valence-corrected chi connectivity index (χ2v) is 4.86. The summed E-state index contributed by atoms with van der Waals surface area (Å²) in [5, 5.41) is 2.75. The molecule has 2 aromatic rings. The Morgan fingerprint density at radius 3 is 2.55 bits per heavy atom. The van der Waals surface area contributed by atoms with Gasteiger partial charge in [-0.1, -0.05) is 30.3 Å². The highest BCUT2D eigenvalue weighted by atomic mass is 19.2. The molecule has 116 valence electrons. The first-order chi connectivity index (χ1) is 10.6. The molecule has 0 aliphatic carbocycles. The predicted molar refractivity (Wildman–Crippen MR) is 79.6 cm³/mol. The van der Waals surface area contributed by atoms with Crippen LogP contribution in [-0.2, 0) is 11.2 Å². The lowest BCUT2D eigenvalue weighted by Gasteiger charge is -2.14. The maximum atomic E-state index is 13.1. The summed E-state index contributed by atoms with van der Waals surface area (Å²) in [5.41, 5.74) is 1.12. The number of hydrogen-bond acceptors (Lipinski definition) is 2. The van der Waals surface area contributed by atoms with Crippen LogP contribution in [0.5, 0.6) is 5.75 Å². The molecule has 5 heteroatoms. The van der Waals surface area contributed by atoms with Crippen LogP contribution in [-0.4, -0.2) is 18.6 Å². The van der Waals surface area contributed by atoms with Gasteiger partial charge in [-0.3, -0.25) is 4.79 Å². The molecule has 22 heavy (non-hydrogen) atoms. The Bertz CT molecular complexity index is 632. The summed E-state index contributed by atoms with van der Waals surface area (Å²) in [7, 11) is 0. The lowest BCUT2D eigenvalue weighted by molar-refractivity contribution is -0.127. The average molecular weight is 305 g/mol. The molecule has 0 bridgehead atoms. The molecule has 0 aliphatic heterocycles. The molecule has 0 radical (unpaired) electrons. The molecule has 1 amide bonds. The number of halogens is 2. The second kappa shape index (κ2) is 7.54. The van der Waals surface area contributed by atoms with Crippen molar-refractivity contribution in [3.8, 4) is 5.75 Å². The molecule has 3 nitrogen and oxygen atoms in total. The second-order valence-electron chi connectivity index (χ2n) is 4.86. The van der Waals surface area contributed by atoms with E-state index in [2.05, 4.69) is 5.32 Å². The van der Waals surface area contributed by atoms with E-state index in [4.69, 9.17) is 4.74 Å². The van der Waals surface area contributed by atoms with Crippen LogP contribution in [0.2, 0.25) is 0 Å². The Kier molecular flexibility index (Phi) is 5.47. The molecule has 1 N–H and O–H groups in total. The first-order valence-electron chi connectivity index (χ1n) is 6.99. The molecule has 0 saturated carbocycles. The molecule has 0 aromatic heterocycles. The number of amides is 1. The van der Waals surface area contributed by atoms with Gasteiger partial charge in [-0.05, 0) is 31.0 Å². The third kappa shape index (κ3) is 4.55. The molecular weight excluding hydrogens is 288 g/mol. The lowest BCUT2D eigenvalue weighted by atomic mass is 10.1. The van der Waals surface area contributed by atoms with Gasteiger partial charge in [0, 0.05) is 12.6 Å². The third-order valence-electron chi connectivity index (χ3n) is 3.13. The largest absolute Gasteiger partial charge is 0.481 e. The van der Waals surface area contributed by atoms with Crippen LogP contribution >= 0.6 is 0 Å². The first-order valence-corrected chi connectivity index (χ1v) is 6.99. The lowest BCUT2D eigenvalue weighted by Crippen LogP contribution is -2.37. The molecule has 0 fully saturated rings. The number of carbonyl (C=O) groups is 1. The summed E-state index contributed by atoms with van der Waals surface area (Å²) in [5.74, 6) is -2.15. The minimum Gasteiger partial charge on any atom is -0.481 e. The molecule has 1 unspecified atom stereocenters. The van der Waals surface area contributed by atoms with E-state index in [0.29, 0.717) is 13.0 Å². The summed E-state index contributed by atoms with van der Waals surface area (Å²) >= 11 is 0. The van der Waals surface area contributed by atoms with Crippen LogP contribution < -0.4 is 10.1 Å². The van der Waals surface area contributed by atoms with Crippen molar-refractivity contribution >= 4 is 5.91 Å². The smallest absolute Gasteiger partial charge is 0.260 e. The van der Waals surface area contributed by atoms with E-state index in [1.54, 1.807) is 6.92 Å². The van der Waals surface area contributed by atoms with Crippen molar-refractivity contribution in [3.05, 3.63) is 65.7 Å². The minimum absolute atomic E-state index is 0.115. The first kappa shape index (κ1) is 15.9. The molecule has 2 aromatic carbocycles. The normalized spacial score (nSPS) is 11.8. The molecule has 0 aliphatic rings. The quantitative estimate of drug-likeness (QED) is 0.890. The van der Waals surface area contributed by atoms with Gasteiger partial charge in [0.1, 0.15) is 5.75 Å². The Morgan fingerprint density at radius 1 is 1.14 bits per heavy atom. The van der Waals surface area contributed by atoms with Crippen molar-refractivity contribution in [1.29, 1.82) is 0 Å². The van der Waals surface area contributed by atoms with Crippen LogP contribution in [0.4, 0.5) is 8.78 Å². The number of ether oxygens (including phenoxy) is 1. The highest BCUT2D eigenvalue weighted by molar-refractivity contribution is 5.80. The molecule has 0 heterocycles. The SMILES string of the molecule is CC(Oc1ccc(F)c(F)c1)C(=O)NCCc1ccccc1. The molecule has 1 atom stereocenters. The predicted octanol–water partition coefficient (Wildman–Crippen LogP) is 3.09. The van der Waals surface area contributed by atoms with Crippen molar-refractivity contribution in [2.75, 3.05) is 6.54 Å². The highest BCUT2D eigenvalue weighted by Crippen LogP contribution is 2.16. The van der Waals surface area contributed by atoms with Crippen LogP contribution in [0.3, 0.4) is 0 Å². The maximum absolute atomic E-state index is 13.1. The molecule has 2 rings (SSSR count). The summed E-state index contributed by atoms with van der Waals surface area (Å²) in [4.78, 5) is 11.9. The van der Waals surface area contributed by atoms with E-state index in [1.165, 1.54) is 6.07 Å². The van der Waals surface area contributed by atoms with Crippen LogP contribution in [0.25, 0.3) is 0 Å². The standard InChI is InChI=1S/C17H17F2NO2/c1-12(22-14-7-8-15(18)16(19)11-14)17(21)20-10-9-13-5-3-2-4-6-13/h2-8,11-12H,9-10H2,1H3,(H,20,21). The van der Waals surface area contributed by atoms with Crippen molar-refractivity contribution in [2.45, 2.75) is 19.4 Å². The fourth-order valence-electron chi connectivity index (χ4n) is 1.93. The van der Waals surface area contributed by atoms with E-state index >= 15 is 0 Å². The van der Waals surface area contributed by atoms with Crippen molar-refractivity contribution < 1.29 is 18.3 Å². The number of rotatable bonds is 6. The molecular formula is C17H17F2NO2. The van der Waals surface area contributed by atoms with E-state index in [-0.39, 0.29) is 11.7 Å². The van der Waals surface area contributed by atoms with E-state index in [9.17, 15) is 13.6 Å². The molecule has 0 spiro atoms. The minimum atomic E-state index is -1.01. The summed E-state index contributed by atoms with van der Waals surface area (Å²) < 4.78 is 31.2. The Balaban J connectivity index is 1.80.